The van der Waals surface area contributed by atoms with E-state index >= 15 is 0 Å². The highest BCUT2D eigenvalue weighted by Crippen LogP contribution is 1.86. The first-order valence-corrected chi connectivity index (χ1v) is 4.24. The summed E-state index contributed by atoms with van der Waals surface area (Å²) in [5, 5.41) is 8.23. The molecule has 66 valence electrons. The molecular weight excluding hydrogens is 148 g/mol. The average molecular weight is 164 g/mol. The quantitative estimate of drug-likeness (QED) is 0.591. The van der Waals surface area contributed by atoms with Gasteiger partial charge >= 0.3 is 0 Å². The normalized spacial score (nSPS) is 6.25. The summed E-state index contributed by atoms with van der Waals surface area (Å²) in [6.45, 7) is 8.00. The molecule has 1 aromatic rings. The van der Waals surface area contributed by atoms with E-state index in [1.54, 1.807) is 24.4 Å². The van der Waals surface area contributed by atoms with Gasteiger partial charge < -0.3 is 0 Å². The Balaban J connectivity index is 0. The van der Waals surface area contributed by atoms with Gasteiger partial charge in [0.2, 0.25) is 0 Å². The summed E-state index contributed by atoms with van der Waals surface area (Å²) in [7, 11) is 0. The van der Waals surface area contributed by atoms with Crippen LogP contribution in [-0.4, -0.2) is 4.98 Å². The summed E-state index contributed by atoms with van der Waals surface area (Å²) in [6, 6.07) is 7.14. The fourth-order valence-corrected chi connectivity index (χ4v) is 0.429. The molecule has 0 N–H and O–H groups in total. The number of nitriles is 1. The number of rotatable bonds is 0. The van der Waals surface area contributed by atoms with Gasteiger partial charge in [-0.3, -0.25) is 0 Å². The molecule has 1 aromatic heterocycles. The first kappa shape index (κ1) is 13.2. The van der Waals surface area contributed by atoms with Crippen LogP contribution in [0.15, 0.2) is 24.4 Å². The van der Waals surface area contributed by atoms with Crippen molar-refractivity contribution in [2.75, 3.05) is 0 Å². The molecule has 0 spiro atoms. The van der Waals surface area contributed by atoms with Gasteiger partial charge in [-0.05, 0) is 12.1 Å². The lowest BCUT2D eigenvalue weighted by Crippen LogP contribution is -1.75. The van der Waals surface area contributed by atoms with E-state index in [2.05, 4.69) is 4.98 Å². The highest BCUT2D eigenvalue weighted by atomic mass is 14.7. The average Bonchev–Trinajstić information content (AvgIpc) is 2.25. The van der Waals surface area contributed by atoms with Crippen LogP contribution in [-0.2, 0) is 0 Å². The number of hydrogen-bond donors (Lipinski definition) is 0. The number of pyridine rings is 1. The van der Waals surface area contributed by atoms with Crippen molar-refractivity contribution in [2.24, 2.45) is 0 Å². The highest BCUT2D eigenvalue weighted by molar-refractivity contribution is 5.18. The molecule has 0 aliphatic heterocycles. The van der Waals surface area contributed by atoms with Crippen LogP contribution in [0.4, 0.5) is 0 Å². The summed E-state index contributed by atoms with van der Waals surface area (Å²) in [5.74, 6) is 0. The third-order valence-corrected chi connectivity index (χ3v) is 0.779. The Hall–Kier alpha value is -1.36. The number of nitrogens with zero attached hydrogens (tertiary/aromatic N) is 2. The second kappa shape index (κ2) is 12.3. The fraction of sp³-hybridized carbons (Fsp3) is 0.400. The summed E-state index contributed by atoms with van der Waals surface area (Å²) >= 11 is 0. The largest absolute Gasteiger partial charge is 0.246 e. The van der Waals surface area contributed by atoms with Crippen molar-refractivity contribution in [3.8, 4) is 6.07 Å². The van der Waals surface area contributed by atoms with Gasteiger partial charge in [0.05, 0.1) is 0 Å². The second-order valence-corrected chi connectivity index (χ2v) is 1.33. The standard InChI is InChI=1S/C6H4N2.2C2H6/c7-5-6-3-1-2-4-8-6;2*1-2/h1-4H;2*1-2H3. The molecule has 0 aliphatic rings. The summed E-state index contributed by atoms with van der Waals surface area (Å²) in [6.07, 6.45) is 1.60. The Labute approximate surface area is 74.9 Å². The van der Waals surface area contributed by atoms with E-state index in [4.69, 9.17) is 5.26 Å². The Bertz CT molecular complexity index is 199. The van der Waals surface area contributed by atoms with E-state index in [1.807, 2.05) is 33.8 Å². The van der Waals surface area contributed by atoms with Crippen LogP contribution in [0.1, 0.15) is 33.4 Å². The topological polar surface area (TPSA) is 36.7 Å². The van der Waals surface area contributed by atoms with Crippen LogP contribution in [0.3, 0.4) is 0 Å². The van der Waals surface area contributed by atoms with Gasteiger partial charge in [0, 0.05) is 6.20 Å². The van der Waals surface area contributed by atoms with Crippen LogP contribution < -0.4 is 0 Å². The van der Waals surface area contributed by atoms with Crippen molar-refractivity contribution in [1.82, 2.24) is 4.98 Å². The summed E-state index contributed by atoms with van der Waals surface area (Å²) < 4.78 is 0. The monoisotopic (exact) mass is 164 g/mol. The fourth-order valence-electron chi connectivity index (χ4n) is 0.429. The molecule has 0 fully saturated rings. The van der Waals surface area contributed by atoms with Crippen LogP contribution in [0.5, 0.6) is 0 Å². The Morgan fingerprint density at radius 1 is 1.17 bits per heavy atom. The van der Waals surface area contributed by atoms with E-state index < -0.39 is 0 Å². The van der Waals surface area contributed by atoms with E-state index in [-0.39, 0.29) is 0 Å². The van der Waals surface area contributed by atoms with Crippen LogP contribution >= 0.6 is 0 Å². The molecule has 0 radical (unpaired) electrons. The Kier molecular flexibility index (Phi) is 13.6. The molecule has 2 heteroatoms. The molecule has 1 heterocycles. The molecule has 0 aliphatic carbocycles. The molecule has 0 saturated heterocycles. The first-order valence-electron chi connectivity index (χ1n) is 4.24. The molecule has 0 aromatic carbocycles. The van der Waals surface area contributed by atoms with E-state index in [0.29, 0.717) is 5.69 Å². The lowest BCUT2D eigenvalue weighted by atomic mass is 10.4. The minimum Gasteiger partial charge on any atom is -0.246 e. The van der Waals surface area contributed by atoms with Gasteiger partial charge in [0.25, 0.3) is 0 Å². The SMILES string of the molecule is CC.CC.N#Cc1ccccn1. The van der Waals surface area contributed by atoms with Crippen LogP contribution in [0.25, 0.3) is 0 Å². The Morgan fingerprint density at radius 2 is 1.75 bits per heavy atom. The summed E-state index contributed by atoms with van der Waals surface area (Å²) in [4.78, 5) is 3.74. The lowest BCUT2D eigenvalue weighted by Gasteiger charge is -1.79. The van der Waals surface area contributed by atoms with Crippen molar-refractivity contribution >= 4 is 0 Å². The van der Waals surface area contributed by atoms with Crippen molar-refractivity contribution in [3.63, 3.8) is 0 Å². The van der Waals surface area contributed by atoms with Crippen molar-refractivity contribution in [2.45, 2.75) is 27.7 Å². The van der Waals surface area contributed by atoms with E-state index in [1.165, 1.54) is 0 Å². The van der Waals surface area contributed by atoms with Crippen molar-refractivity contribution < 1.29 is 0 Å². The molecule has 0 atom stereocenters. The molecule has 0 saturated carbocycles. The van der Waals surface area contributed by atoms with Crippen molar-refractivity contribution in [3.05, 3.63) is 30.1 Å². The maximum atomic E-state index is 8.23. The van der Waals surface area contributed by atoms with Gasteiger partial charge in [-0.2, -0.15) is 5.26 Å². The van der Waals surface area contributed by atoms with Gasteiger partial charge in [-0.15, -0.1) is 0 Å². The molecular formula is C10H16N2. The predicted octanol–water partition coefficient (Wildman–Crippen LogP) is 3.01. The number of hydrogen-bond acceptors (Lipinski definition) is 2. The van der Waals surface area contributed by atoms with Gasteiger partial charge in [-0.1, -0.05) is 33.8 Å². The zero-order valence-electron chi connectivity index (χ0n) is 8.20. The molecule has 1 rings (SSSR count). The molecule has 2 nitrogen and oxygen atoms in total. The van der Waals surface area contributed by atoms with E-state index in [0.717, 1.165) is 0 Å². The third kappa shape index (κ3) is 6.76. The predicted molar refractivity (Wildman–Crippen MR) is 51.6 cm³/mol. The lowest BCUT2D eigenvalue weighted by molar-refractivity contribution is 1.26. The molecule has 0 bridgehead atoms. The maximum absolute atomic E-state index is 8.23. The van der Waals surface area contributed by atoms with E-state index in [9.17, 15) is 0 Å². The minimum absolute atomic E-state index is 0.465. The zero-order chi connectivity index (χ0) is 9.82. The van der Waals surface area contributed by atoms with Crippen LogP contribution in [0, 0.1) is 11.3 Å². The van der Waals surface area contributed by atoms with Gasteiger partial charge in [0.1, 0.15) is 11.8 Å². The highest BCUT2D eigenvalue weighted by Gasteiger charge is 1.81. The van der Waals surface area contributed by atoms with Gasteiger partial charge in [0.15, 0.2) is 0 Å². The minimum atomic E-state index is 0.465. The zero-order valence-corrected chi connectivity index (χ0v) is 8.20. The first-order chi connectivity index (χ1) is 5.93. The summed E-state index contributed by atoms with van der Waals surface area (Å²) in [5.41, 5.74) is 0.465. The number of aromatic nitrogens is 1. The Morgan fingerprint density at radius 3 is 2.00 bits per heavy atom. The third-order valence-electron chi connectivity index (χ3n) is 0.779. The smallest absolute Gasteiger partial charge is 0.140 e. The molecule has 12 heavy (non-hydrogen) atoms. The van der Waals surface area contributed by atoms with Crippen LogP contribution in [0.2, 0.25) is 0 Å². The molecule has 0 unspecified atom stereocenters. The van der Waals surface area contributed by atoms with Gasteiger partial charge in [-0.25, -0.2) is 4.98 Å². The van der Waals surface area contributed by atoms with Crippen molar-refractivity contribution in [1.29, 1.82) is 5.26 Å². The second-order valence-electron chi connectivity index (χ2n) is 1.33. The molecule has 0 amide bonds. The maximum Gasteiger partial charge on any atom is 0.140 e.